The highest BCUT2D eigenvalue weighted by Gasteiger charge is 2.29. The molecule has 1 aliphatic carbocycles. The first-order valence-electron chi connectivity index (χ1n) is 10.00. The fourth-order valence-electron chi connectivity index (χ4n) is 3.79. The van der Waals surface area contributed by atoms with Crippen LogP contribution >= 0.6 is 0 Å². The highest BCUT2D eigenvalue weighted by atomic mass is 16.5. The molecule has 1 saturated carbocycles. The van der Waals surface area contributed by atoms with Crippen molar-refractivity contribution in [3.63, 3.8) is 0 Å². The van der Waals surface area contributed by atoms with E-state index >= 15 is 0 Å². The number of benzene rings is 1. The molecule has 0 amide bonds. The summed E-state index contributed by atoms with van der Waals surface area (Å²) in [7, 11) is 0. The maximum Gasteiger partial charge on any atom is 0.140 e. The molecule has 2 heteroatoms. The molecule has 0 saturated heterocycles. The van der Waals surface area contributed by atoms with E-state index in [2.05, 4.69) is 26.0 Å². The molecule has 0 radical (unpaired) electrons. The Morgan fingerprint density at radius 3 is 2.38 bits per heavy atom. The van der Waals surface area contributed by atoms with Gasteiger partial charge in [0.05, 0.1) is 6.61 Å². The molecule has 0 N–H and O–H groups in total. The minimum atomic E-state index is 0.112. The third-order valence-electron chi connectivity index (χ3n) is 5.24. The molecule has 2 rings (SSSR count). The zero-order chi connectivity index (χ0) is 17.2. The van der Waals surface area contributed by atoms with Crippen molar-refractivity contribution in [1.82, 2.24) is 0 Å². The number of Topliss-reactive ketones (excluding diaryl/α,β-unsaturated/α-hetero) is 1. The Morgan fingerprint density at radius 2 is 1.71 bits per heavy atom. The van der Waals surface area contributed by atoms with Crippen LogP contribution < -0.4 is 4.74 Å². The van der Waals surface area contributed by atoms with Crippen LogP contribution in [0.15, 0.2) is 24.3 Å². The van der Waals surface area contributed by atoms with Gasteiger partial charge in [-0.05, 0) is 42.9 Å². The van der Waals surface area contributed by atoms with Crippen molar-refractivity contribution in [3.05, 3.63) is 29.8 Å². The van der Waals surface area contributed by atoms with Crippen LogP contribution in [0.5, 0.6) is 5.75 Å². The van der Waals surface area contributed by atoms with Gasteiger partial charge in [-0.2, -0.15) is 0 Å². The monoisotopic (exact) mass is 330 g/mol. The lowest BCUT2D eigenvalue weighted by Crippen LogP contribution is -2.23. The second-order valence-corrected chi connectivity index (χ2v) is 7.29. The van der Waals surface area contributed by atoms with E-state index in [1.54, 1.807) is 0 Å². The van der Waals surface area contributed by atoms with Crippen LogP contribution in [-0.2, 0) is 4.79 Å². The number of carbonyl (C=O) groups excluding carboxylic acids is 1. The van der Waals surface area contributed by atoms with Crippen LogP contribution in [0, 0.1) is 5.92 Å². The van der Waals surface area contributed by atoms with E-state index in [0.29, 0.717) is 11.7 Å². The van der Waals surface area contributed by atoms with Gasteiger partial charge in [-0.1, -0.05) is 64.5 Å². The highest BCUT2D eigenvalue weighted by Crippen LogP contribution is 2.35. The highest BCUT2D eigenvalue weighted by molar-refractivity contribution is 5.86. The molecule has 1 aromatic carbocycles. The Kier molecular flexibility index (Phi) is 8.35. The van der Waals surface area contributed by atoms with Crippen LogP contribution in [0.25, 0.3) is 0 Å². The maximum atomic E-state index is 12.4. The maximum absolute atomic E-state index is 12.4. The lowest BCUT2D eigenvalue weighted by molar-refractivity contribution is -0.123. The Balaban J connectivity index is 1.76. The van der Waals surface area contributed by atoms with Gasteiger partial charge in [0.15, 0.2) is 0 Å². The second kappa shape index (κ2) is 10.5. The molecule has 2 atom stereocenters. The van der Waals surface area contributed by atoms with E-state index in [-0.39, 0.29) is 5.92 Å². The molecule has 0 aromatic heterocycles. The summed E-state index contributed by atoms with van der Waals surface area (Å²) in [5.74, 6) is 2.10. The first-order valence-corrected chi connectivity index (χ1v) is 10.00. The van der Waals surface area contributed by atoms with Crippen LogP contribution in [0.4, 0.5) is 0 Å². The van der Waals surface area contributed by atoms with Gasteiger partial charge in [-0.25, -0.2) is 0 Å². The first-order chi connectivity index (χ1) is 11.7. The number of unbranched alkanes of at least 4 members (excludes halogenated alkanes) is 4. The molecule has 0 bridgehead atoms. The van der Waals surface area contributed by atoms with Gasteiger partial charge in [0.1, 0.15) is 11.5 Å². The summed E-state index contributed by atoms with van der Waals surface area (Å²) in [6.45, 7) is 5.24. The Hall–Kier alpha value is -1.31. The minimum Gasteiger partial charge on any atom is -0.494 e. The summed E-state index contributed by atoms with van der Waals surface area (Å²) < 4.78 is 5.82. The quantitative estimate of drug-likeness (QED) is 0.471. The van der Waals surface area contributed by atoms with E-state index in [4.69, 9.17) is 4.74 Å². The molecular weight excluding hydrogens is 296 g/mol. The lowest BCUT2D eigenvalue weighted by Gasteiger charge is -2.27. The molecule has 0 aliphatic heterocycles. The van der Waals surface area contributed by atoms with Gasteiger partial charge >= 0.3 is 0 Å². The zero-order valence-electron chi connectivity index (χ0n) is 15.6. The zero-order valence-corrected chi connectivity index (χ0v) is 15.6. The summed E-state index contributed by atoms with van der Waals surface area (Å²) >= 11 is 0. The number of rotatable bonds is 10. The van der Waals surface area contributed by atoms with Crippen LogP contribution in [0.2, 0.25) is 0 Å². The lowest BCUT2D eigenvalue weighted by atomic mass is 9.76. The van der Waals surface area contributed by atoms with Crippen LogP contribution in [0.3, 0.4) is 0 Å². The fourth-order valence-corrected chi connectivity index (χ4v) is 3.79. The van der Waals surface area contributed by atoms with E-state index in [9.17, 15) is 4.79 Å². The summed E-state index contributed by atoms with van der Waals surface area (Å²) in [5.41, 5.74) is 1.17. The van der Waals surface area contributed by atoms with Crippen molar-refractivity contribution in [2.45, 2.75) is 84.0 Å². The third-order valence-corrected chi connectivity index (χ3v) is 5.24. The smallest absolute Gasteiger partial charge is 0.140 e. The number of hydrogen-bond acceptors (Lipinski definition) is 2. The average molecular weight is 331 g/mol. The summed E-state index contributed by atoms with van der Waals surface area (Å²) in [6.07, 6.45) is 11.7. The van der Waals surface area contributed by atoms with Gasteiger partial charge in [-0.15, -0.1) is 0 Å². The Bertz CT molecular complexity index is 477. The number of hydrogen-bond donors (Lipinski definition) is 0. The Morgan fingerprint density at radius 1 is 0.958 bits per heavy atom. The average Bonchev–Trinajstić information content (AvgIpc) is 2.59. The molecule has 1 aliphatic rings. The standard InChI is InChI=1S/C22H34O2/c1-3-5-6-7-8-16-24-20-13-11-19(12-14-20)21-15-10-18(9-4-2)17-22(21)23/h11-14,18,21H,3-10,15-17H2,1-2H3/t18-,21+/m1/s1. The SMILES string of the molecule is CCCCCCCOc1ccc([C@@H]2CC[C@@H](CCC)CC2=O)cc1. The number of ketones is 1. The van der Waals surface area contributed by atoms with Crippen LogP contribution in [0.1, 0.15) is 89.5 Å². The van der Waals surface area contributed by atoms with Crippen molar-refractivity contribution in [2.75, 3.05) is 6.61 Å². The molecule has 1 fully saturated rings. The molecule has 24 heavy (non-hydrogen) atoms. The molecule has 0 spiro atoms. The summed E-state index contributed by atoms with van der Waals surface area (Å²) in [4.78, 5) is 12.4. The Labute approximate surface area is 148 Å². The van der Waals surface area contributed by atoms with Crippen molar-refractivity contribution in [2.24, 2.45) is 5.92 Å². The van der Waals surface area contributed by atoms with E-state index in [0.717, 1.165) is 31.6 Å². The number of carbonyl (C=O) groups is 1. The molecule has 0 unspecified atom stereocenters. The van der Waals surface area contributed by atoms with E-state index in [1.807, 2.05) is 12.1 Å². The van der Waals surface area contributed by atoms with Crippen molar-refractivity contribution in [3.8, 4) is 5.75 Å². The van der Waals surface area contributed by atoms with Crippen molar-refractivity contribution < 1.29 is 9.53 Å². The molecule has 134 valence electrons. The minimum absolute atomic E-state index is 0.112. The molecule has 1 aromatic rings. The molecular formula is C22H34O2. The largest absolute Gasteiger partial charge is 0.494 e. The van der Waals surface area contributed by atoms with Gasteiger partial charge in [0, 0.05) is 12.3 Å². The fraction of sp³-hybridized carbons (Fsp3) is 0.682. The van der Waals surface area contributed by atoms with Crippen LogP contribution in [-0.4, -0.2) is 12.4 Å². The first kappa shape index (κ1) is 19.0. The molecule has 2 nitrogen and oxygen atoms in total. The van der Waals surface area contributed by atoms with Gasteiger partial charge in [0.25, 0.3) is 0 Å². The van der Waals surface area contributed by atoms with Gasteiger partial charge in [-0.3, -0.25) is 4.79 Å². The summed E-state index contributed by atoms with van der Waals surface area (Å²) in [6, 6.07) is 8.25. The van der Waals surface area contributed by atoms with Gasteiger partial charge in [0.2, 0.25) is 0 Å². The molecule has 0 heterocycles. The van der Waals surface area contributed by atoms with Gasteiger partial charge < -0.3 is 4.74 Å². The second-order valence-electron chi connectivity index (χ2n) is 7.29. The number of ether oxygens (including phenoxy) is 1. The summed E-state index contributed by atoms with van der Waals surface area (Å²) in [5, 5.41) is 0. The normalized spacial score (nSPS) is 21.0. The van der Waals surface area contributed by atoms with Crippen molar-refractivity contribution >= 4 is 5.78 Å². The van der Waals surface area contributed by atoms with Crippen molar-refractivity contribution in [1.29, 1.82) is 0 Å². The van der Waals surface area contributed by atoms with E-state index in [1.165, 1.54) is 50.5 Å². The predicted molar refractivity (Wildman–Crippen MR) is 101 cm³/mol. The van der Waals surface area contributed by atoms with E-state index < -0.39 is 0 Å². The third kappa shape index (κ3) is 5.96. The topological polar surface area (TPSA) is 26.3 Å². The predicted octanol–water partition coefficient (Wildman–Crippen LogP) is 6.29.